The molecule has 1 heterocycles. The van der Waals surface area contributed by atoms with Crippen molar-refractivity contribution in [3.05, 3.63) is 23.8 Å². The SMILES string of the molecule is CC(C)c1ccc2c(c1)N(C(C)C(=O)O)CC(C(C)C)O2. The number of ether oxygens (including phenoxy) is 1. The summed E-state index contributed by atoms with van der Waals surface area (Å²) in [6.07, 6.45) is 0.0178. The Hall–Kier alpha value is -1.71. The maximum atomic E-state index is 11.4. The molecule has 21 heavy (non-hydrogen) atoms. The lowest BCUT2D eigenvalue weighted by atomic mass is 9.98. The van der Waals surface area contributed by atoms with Gasteiger partial charge < -0.3 is 14.7 Å². The lowest BCUT2D eigenvalue weighted by Crippen LogP contribution is -2.49. The van der Waals surface area contributed by atoms with Crippen molar-refractivity contribution in [3.8, 4) is 5.75 Å². The fourth-order valence-corrected chi connectivity index (χ4v) is 2.56. The molecule has 0 radical (unpaired) electrons. The monoisotopic (exact) mass is 291 g/mol. The molecule has 0 bridgehead atoms. The van der Waals surface area contributed by atoms with Crippen molar-refractivity contribution in [1.29, 1.82) is 0 Å². The minimum atomic E-state index is -0.805. The molecule has 0 fully saturated rings. The number of carboxylic acids is 1. The van der Waals surface area contributed by atoms with Gasteiger partial charge in [0.1, 0.15) is 17.9 Å². The van der Waals surface area contributed by atoms with E-state index in [-0.39, 0.29) is 6.10 Å². The van der Waals surface area contributed by atoms with Crippen LogP contribution in [0.1, 0.15) is 46.1 Å². The highest BCUT2D eigenvalue weighted by Gasteiger charge is 2.33. The highest BCUT2D eigenvalue weighted by Crippen LogP contribution is 2.38. The van der Waals surface area contributed by atoms with Gasteiger partial charge in [-0.1, -0.05) is 33.8 Å². The predicted molar refractivity (Wildman–Crippen MR) is 84.2 cm³/mol. The molecule has 2 rings (SSSR count). The second-order valence-electron chi connectivity index (χ2n) is 6.45. The molecule has 2 atom stereocenters. The number of rotatable bonds is 4. The van der Waals surface area contributed by atoms with Crippen molar-refractivity contribution in [2.45, 2.75) is 52.7 Å². The van der Waals surface area contributed by atoms with Crippen molar-refractivity contribution in [3.63, 3.8) is 0 Å². The molecular formula is C17H25NO3. The summed E-state index contributed by atoms with van der Waals surface area (Å²) in [7, 11) is 0. The quantitative estimate of drug-likeness (QED) is 0.922. The molecule has 0 spiro atoms. The molecule has 1 aliphatic rings. The molecule has 1 aromatic carbocycles. The fraction of sp³-hybridized carbons (Fsp3) is 0.588. The van der Waals surface area contributed by atoms with Crippen LogP contribution in [0.15, 0.2) is 18.2 Å². The first-order valence-electron chi connectivity index (χ1n) is 7.61. The van der Waals surface area contributed by atoms with Crippen LogP contribution in [0.3, 0.4) is 0 Å². The van der Waals surface area contributed by atoms with Crippen molar-refractivity contribution in [2.24, 2.45) is 5.92 Å². The summed E-state index contributed by atoms with van der Waals surface area (Å²) in [5, 5.41) is 9.38. The Morgan fingerprint density at radius 1 is 1.29 bits per heavy atom. The minimum Gasteiger partial charge on any atom is -0.486 e. The zero-order valence-corrected chi connectivity index (χ0v) is 13.5. The molecule has 4 nitrogen and oxygen atoms in total. The van der Waals surface area contributed by atoms with E-state index in [0.29, 0.717) is 18.4 Å². The first-order valence-corrected chi connectivity index (χ1v) is 7.61. The number of carboxylic acid groups (broad SMARTS) is 1. The fourth-order valence-electron chi connectivity index (χ4n) is 2.56. The van der Waals surface area contributed by atoms with Crippen LogP contribution in [0.25, 0.3) is 0 Å². The highest BCUT2D eigenvalue weighted by atomic mass is 16.5. The smallest absolute Gasteiger partial charge is 0.326 e. The average molecular weight is 291 g/mol. The number of benzene rings is 1. The van der Waals surface area contributed by atoms with Gasteiger partial charge in [0.25, 0.3) is 0 Å². The number of nitrogens with zero attached hydrogens (tertiary/aromatic N) is 1. The van der Waals surface area contributed by atoms with E-state index in [4.69, 9.17) is 4.74 Å². The van der Waals surface area contributed by atoms with E-state index >= 15 is 0 Å². The lowest BCUT2D eigenvalue weighted by Gasteiger charge is -2.40. The van der Waals surface area contributed by atoms with E-state index in [1.807, 2.05) is 11.0 Å². The van der Waals surface area contributed by atoms with Crippen molar-refractivity contribution < 1.29 is 14.6 Å². The number of hydrogen-bond donors (Lipinski definition) is 1. The maximum absolute atomic E-state index is 11.4. The maximum Gasteiger partial charge on any atom is 0.326 e. The summed E-state index contributed by atoms with van der Waals surface area (Å²) >= 11 is 0. The summed E-state index contributed by atoms with van der Waals surface area (Å²) < 4.78 is 6.05. The molecule has 0 aromatic heterocycles. The Bertz CT molecular complexity index is 525. The molecule has 0 saturated heterocycles. The minimum absolute atomic E-state index is 0.0178. The molecule has 116 valence electrons. The first-order chi connectivity index (χ1) is 9.81. The Balaban J connectivity index is 2.45. The van der Waals surface area contributed by atoms with Gasteiger partial charge >= 0.3 is 5.97 Å². The van der Waals surface area contributed by atoms with Crippen LogP contribution < -0.4 is 9.64 Å². The van der Waals surface area contributed by atoms with Gasteiger partial charge in [-0.15, -0.1) is 0 Å². The molecular weight excluding hydrogens is 266 g/mol. The van der Waals surface area contributed by atoms with Crippen LogP contribution in [-0.2, 0) is 4.79 Å². The van der Waals surface area contributed by atoms with Crippen molar-refractivity contribution in [2.75, 3.05) is 11.4 Å². The second kappa shape index (κ2) is 5.96. The van der Waals surface area contributed by atoms with Crippen LogP contribution in [0.2, 0.25) is 0 Å². The number of aliphatic carboxylic acids is 1. The molecule has 0 amide bonds. The Labute approximate surface area is 126 Å². The zero-order valence-electron chi connectivity index (χ0n) is 13.5. The van der Waals surface area contributed by atoms with E-state index in [1.165, 1.54) is 5.56 Å². The van der Waals surface area contributed by atoms with Gasteiger partial charge in [-0.3, -0.25) is 0 Å². The molecule has 4 heteroatoms. The summed E-state index contributed by atoms with van der Waals surface area (Å²) in [4.78, 5) is 13.4. The van der Waals surface area contributed by atoms with Gasteiger partial charge in [0, 0.05) is 0 Å². The molecule has 1 aromatic rings. The van der Waals surface area contributed by atoms with Crippen LogP contribution >= 0.6 is 0 Å². The molecule has 0 aliphatic carbocycles. The van der Waals surface area contributed by atoms with E-state index < -0.39 is 12.0 Å². The van der Waals surface area contributed by atoms with Gasteiger partial charge in [0.2, 0.25) is 0 Å². The van der Waals surface area contributed by atoms with Crippen molar-refractivity contribution >= 4 is 11.7 Å². The summed E-state index contributed by atoms with van der Waals surface area (Å²) in [5.74, 6) is 0.726. The van der Waals surface area contributed by atoms with Crippen molar-refractivity contribution in [1.82, 2.24) is 0 Å². The molecule has 1 aliphatic heterocycles. The van der Waals surface area contributed by atoms with Gasteiger partial charge in [-0.25, -0.2) is 4.79 Å². The molecule has 1 N–H and O–H groups in total. The highest BCUT2D eigenvalue weighted by molar-refractivity contribution is 5.79. The van der Waals surface area contributed by atoms with Crippen LogP contribution in [-0.4, -0.2) is 29.8 Å². The summed E-state index contributed by atoms with van der Waals surface area (Å²) in [5.41, 5.74) is 2.09. The van der Waals surface area contributed by atoms with Gasteiger partial charge in [-0.2, -0.15) is 0 Å². The summed E-state index contributed by atoms with van der Waals surface area (Å²) in [6, 6.07) is 5.54. The number of carbonyl (C=O) groups is 1. The lowest BCUT2D eigenvalue weighted by molar-refractivity contribution is -0.138. The van der Waals surface area contributed by atoms with Gasteiger partial charge in [-0.05, 0) is 36.5 Å². The summed E-state index contributed by atoms with van der Waals surface area (Å²) in [6.45, 7) is 10.8. The Kier molecular flexibility index (Phi) is 4.45. The van der Waals surface area contributed by atoms with Gasteiger partial charge in [0.15, 0.2) is 0 Å². The number of anilines is 1. The van der Waals surface area contributed by atoms with E-state index in [9.17, 15) is 9.90 Å². The first kappa shape index (κ1) is 15.7. The third-order valence-electron chi connectivity index (χ3n) is 4.18. The largest absolute Gasteiger partial charge is 0.486 e. The Morgan fingerprint density at radius 3 is 2.48 bits per heavy atom. The van der Waals surface area contributed by atoms with E-state index in [1.54, 1.807) is 6.92 Å². The number of hydrogen-bond acceptors (Lipinski definition) is 3. The topological polar surface area (TPSA) is 49.8 Å². The predicted octanol–water partition coefficient (Wildman–Crippen LogP) is 3.51. The zero-order chi connectivity index (χ0) is 15.7. The van der Waals surface area contributed by atoms with Crippen LogP contribution in [0, 0.1) is 5.92 Å². The standard InChI is InChI=1S/C17H25NO3/c1-10(2)13-6-7-15-14(8-13)18(12(5)17(19)20)9-16(21-15)11(3)4/h6-8,10-12,16H,9H2,1-5H3,(H,19,20). The second-order valence-corrected chi connectivity index (χ2v) is 6.45. The third kappa shape index (κ3) is 3.14. The van der Waals surface area contributed by atoms with E-state index in [0.717, 1.165) is 11.4 Å². The van der Waals surface area contributed by atoms with Gasteiger partial charge in [0.05, 0.1) is 12.2 Å². The van der Waals surface area contributed by atoms with Crippen LogP contribution in [0.4, 0.5) is 5.69 Å². The van der Waals surface area contributed by atoms with E-state index in [2.05, 4.69) is 39.8 Å². The van der Waals surface area contributed by atoms with Crippen LogP contribution in [0.5, 0.6) is 5.75 Å². The molecule has 2 unspecified atom stereocenters. The normalized spacial score (nSPS) is 19.4. The Morgan fingerprint density at radius 2 is 1.95 bits per heavy atom. The third-order valence-corrected chi connectivity index (χ3v) is 4.18. The average Bonchev–Trinajstić information content (AvgIpc) is 2.44. The number of fused-ring (bicyclic) bond motifs is 1. The molecule has 0 saturated carbocycles.